The predicted molar refractivity (Wildman–Crippen MR) is 71.9 cm³/mol. The monoisotopic (exact) mass is 234 g/mol. The van der Waals surface area contributed by atoms with Crippen molar-refractivity contribution >= 4 is 11.6 Å². The number of hydrogen-bond donors (Lipinski definition) is 2. The third-order valence-electron chi connectivity index (χ3n) is 2.70. The number of anilines is 1. The average molecular weight is 234 g/mol. The number of nitrogen functional groups attached to an aromatic ring is 1. The fraction of sp³-hybridized carbons (Fsp3) is 0.500. The Morgan fingerprint density at radius 3 is 2.59 bits per heavy atom. The summed E-state index contributed by atoms with van der Waals surface area (Å²) in [5.41, 5.74) is 6.89. The van der Waals surface area contributed by atoms with Gasteiger partial charge in [-0.2, -0.15) is 0 Å². The van der Waals surface area contributed by atoms with Crippen molar-refractivity contribution in [3.05, 3.63) is 29.8 Å². The van der Waals surface area contributed by atoms with Gasteiger partial charge in [-0.15, -0.1) is 0 Å². The van der Waals surface area contributed by atoms with Crippen LogP contribution in [-0.2, 0) is 0 Å². The van der Waals surface area contributed by atoms with Crippen molar-refractivity contribution in [2.24, 2.45) is 5.92 Å². The third-order valence-corrected chi connectivity index (χ3v) is 2.70. The van der Waals surface area contributed by atoms with Crippen molar-refractivity contribution < 1.29 is 4.79 Å². The lowest BCUT2D eigenvalue weighted by Gasteiger charge is -2.15. The molecule has 0 aliphatic heterocycles. The Hall–Kier alpha value is -1.51. The number of carbonyl (C=O) groups excluding carboxylic acids is 1. The molecule has 3 N–H and O–H groups in total. The van der Waals surface area contributed by atoms with E-state index < -0.39 is 0 Å². The SMILES string of the molecule is CC(C)CCC(C)NC(=O)c1cccc(N)c1. The van der Waals surface area contributed by atoms with Crippen molar-refractivity contribution in [2.75, 3.05) is 5.73 Å². The van der Waals surface area contributed by atoms with Crippen molar-refractivity contribution in [3.63, 3.8) is 0 Å². The summed E-state index contributed by atoms with van der Waals surface area (Å²) < 4.78 is 0. The zero-order chi connectivity index (χ0) is 12.8. The molecule has 0 aromatic heterocycles. The van der Waals surface area contributed by atoms with E-state index >= 15 is 0 Å². The molecule has 0 saturated heterocycles. The minimum atomic E-state index is -0.0476. The van der Waals surface area contributed by atoms with Crippen LogP contribution in [0.5, 0.6) is 0 Å². The first-order chi connectivity index (χ1) is 7.99. The van der Waals surface area contributed by atoms with Crippen molar-refractivity contribution in [3.8, 4) is 0 Å². The van der Waals surface area contributed by atoms with Crippen LogP contribution in [0.3, 0.4) is 0 Å². The number of nitrogens with two attached hydrogens (primary N) is 1. The summed E-state index contributed by atoms with van der Waals surface area (Å²) in [4.78, 5) is 11.9. The Labute approximate surface area is 103 Å². The van der Waals surface area contributed by atoms with Gasteiger partial charge in [-0.25, -0.2) is 0 Å². The van der Waals surface area contributed by atoms with Crippen LogP contribution in [-0.4, -0.2) is 11.9 Å². The molecule has 17 heavy (non-hydrogen) atoms. The van der Waals surface area contributed by atoms with Crippen LogP contribution in [0.25, 0.3) is 0 Å². The molecule has 3 nitrogen and oxygen atoms in total. The van der Waals surface area contributed by atoms with E-state index in [0.29, 0.717) is 17.2 Å². The minimum absolute atomic E-state index is 0.0476. The number of rotatable bonds is 5. The maximum atomic E-state index is 11.9. The van der Waals surface area contributed by atoms with Crippen LogP contribution < -0.4 is 11.1 Å². The van der Waals surface area contributed by atoms with Crippen LogP contribution in [0.1, 0.15) is 44.0 Å². The van der Waals surface area contributed by atoms with Crippen LogP contribution in [0.2, 0.25) is 0 Å². The van der Waals surface area contributed by atoms with Crippen molar-refractivity contribution in [2.45, 2.75) is 39.7 Å². The molecule has 0 aliphatic rings. The molecule has 1 unspecified atom stereocenters. The molecule has 1 rings (SSSR count). The maximum Gasteiger partial charge on any atom is 0.251 e. The second-order valence-electron chi connectivity index (χ2n) is 4.97. The van der Waals surface area contributed by atoms with E-state index in [9.17, 15) is 4.79 Å². The summed E-state index contributed by atoms with van der Waals surface area (Å²) in [6.45, 7) is 6.41. The number of amides is 1. The molecule has 1 aromatic carbocycles. The first-order valence-electron chi connectivity index (χ1n) is 6.15. The zero-order valence-electron chi connectivity index (χ0n) is 10.9. The lowest BCUT2D eigenvalue weighted by Crippen LogP contribution is -2.32. The van der Waals surface area contributed by atoms with E-state index in [1.165, 1.54) is 0 Å². The molecule has 0 aliphatic carbocycles. The quantitative estimate of drug-likeness (QED) is 0.770. The van der Waals surface area contributed by atoms with Gasteiger partial charge in [0.15, 0.2) is 0 Å². The smallest absolute Gasteiger partial charge is 0.251 e. The highest BCUT2D eigenvalue weighted by Crippen LogP contribution is 2.09. The Morgan fingerprint density at radius 2 is 2.00 bits per heavy atom. The lowest BCUT2D eigenvalue weighted by molar-refractivity contribution is 0.0937. The summed E-state index contributed by atoms with van der Waals surface area (Å²) in [5, 5.41) is 2.98. The van der Waals surface area contributed by atoms with Gasteiger partial charge in [0.25, 0.3) is 5.91 Å². The highest BCUT2D eigenvalue weighted by atomic mass is 16.1. The molecule has 0 fully saturated rings. The van der Waals surface area contributed by atoms with E-state index in [2.05, 4.69) is 19.2 Å². The highest BCUT2D eigenvalue weighted by molar-refractivity contribution is 5.95. The predicted octanol–water partition coefficient (Wildman–Crippen LogP) is 2.82. The van der Waals surface area contributed by atoms with E-state index in [4.69, 9.17) is 5.73 Å². The molecular weight excluding hydrogens is 212 g/mol. The summed E-state index contributed by atoms with van der Waals surface area (Å²) in [7, 11) is 0. The molecule has 0 heterocycles. The summed E-state index contributed by atoms with van der Waals surface area (Å²) in [6.07, 6.45) is 2.13. The molecule has 3 heteroatoms. The zero-order valence-corrected chi connectivity index (χ0v) is 10.9. The Balaban J connectivity index is 2.49. The Morgan fingerprint density at radius 1 is 1.29 bits per heavy atom. The summed E-state index contributed by atoms with van der Waals surface area (Å²) >= 11 is 0. The van der Waals surface area contributed by atoms with Gasteiger partial charge >= 0.3 is 0 Å². The average Bonchev–Trinajstić information content (AvgIpc) is 2.26. The molecule has 1 atom stereocenters. The number of carbonyl (C=O) groups is 1. The molecule has 0 bridgehead atoms. The van der Waals surface area contributed by atoms with Crippen LogP contribution in [0.4, 0.5) is 5.69 Å². The van der Waals surface area contributed by atoms with Gasteiger partial charge in [0.05, 0.1) is 0 Å². The number of nitrogens with one attached hydrogen (secondary N) is 1. The molecule has 0 spiro atoms. The summed E-state index contributed by atoms with van der Waals surface area (Å²) in [5.74, 6) is 0.621. The molecule has 1 aromatic rings. The van der Waals surface area contributed by atoms with Gasteiger partial charge in [-0.05, 0) is 43.9 Å². The van der Waals surface area contributed by atoms with Crippen LogP contribution in [0.15, 0.2) is 24.3 Å². The third kappa shape index (κ3) is 4.89. The first-order valence-corrected chi connectivity index (χ1v) is 6.15. The standard InChI is InChI=1S/C14H22N2O/c1-10(2)7-8-11(3)16-14(17)12-5-4-6-13(15)9-12/h4-6,9-11H,7-8,15H2,1-3H3,(H,16,17). The maximum absolute atomic E-state index is 11.9. The van der Waals surface area contributed by atoms with Gasteiger partial charge < -0.3 is 11.1 Å². The second-order valence-corrected chi connectivity index (χ2v) is 4.97. The van der Waals surface area contributed by atoms with Crippen molar-refractivity contribution in [1.82, 2.24) is 5.32 Å². The minimum Gasteiger partial charge on any atom is -0.399 e. The lowest BCUT2D eigenvalue weighted by atomic mass is 10.0. The Kier molecular flexibility index (Phi) is 5.01. The fourth-order valence-electron chi connectivity index (χ4n) is 1.64. The van der Waals surface area contributed by atoms with E-state index in [0.717, 1.165) is 12.8 Å². The van der Waals surface area contributed by atoms with E-state index in [1.54, 1.807) is 24.3 Å². The first kappa shape index (κ1) is 13.6. The molecule has 94 valence electrons. The van der Waals surface area contributed by atoms with Gasteiger partial charge in [0, 0.05) is 17.3 Å². The topological polar surface area (TPSA) is 55.1 Å². The van der Waals surface area contributed by atoms with Crippen LogP contribution >= 0.6 is 0 Å². The summed E-state index contributed by atoms with van der Waals surface area (Å²) in [6, 6.07) is 7.25. The van der Waals surface area contributed by atoms with Gasteiger partial charge in [-0.1, -0.05) is 19.9 Å². The largest absolute Gasteiger partial charge is 0.399 e. The molecular formula is C14H22N2O. The Bertz CT molecular complexity index is 374. The second kappa shape index (κ2) is 6.28. The van der Waals surface area contributed by atoms with E-state index in [1.807, 2.05) is 6.92 Å². The molecule has 1 amide bonds. The molecule has 0 saturated carbocycles. The highest BCUT2D eigenvalue weighted by Gasteiger charge is 2.10. The van der Waals surface area contributed by atoms with Crippen LogP contribution in [0, 0.1) is 5.92 Å². The van der Waals surface area contributed by atoms with E-state index in [-0.39, 0.29) is 11.9 Å². The fourth-order valence-corrected chi connectivity index (χ4v) is 1.64. The van der Waals surface area contributed by atoms with Gasteiger partial charge in [0.1, 0.15) is 0 Å². The van der Waals surface area contributed by atoms with Gasteiger partial charge in [0.2, 0.25) is 0 Å². The van der Waals surface area contributed by atoms with Crippen molar-refractivity contribution in [1.29, 1.82) is 0 Å². The number of hydrogen-bond acceptors (Lipinski definition) is 2. The molecule has 0 radical (unpaired) electrons. The normalized spacial score (nSPS) is 12.5. The van der Waals surface area contributed by atoms with Gasteiger partial charge in [-0.3, -0.25) is 4.79 Å². The number of benzene rings is 1.